The summed E-state index contributed by atoms with van der Waals surface area (Å²) in [5, 5.41) is 0. The summed E-state index contributed by atoms with van der Waals surface area (Å²) in [6.07, 6.45) is 0. The predicted molar refractivity (Wildman–Crippen MR) is 13.6 cm³/mol. The van der Waals surface area contributed by atoms with Crippen molar-refractivity contribution >= 4 is 34.7 Å². The molecule has 0 N–H and O–H groups in total. The van der Waals surface area contributed by atoms with E-state index < -0.39 is 0 Å². The molecule has 0 aliphatic rings. The van der Waals surface area contributed by atoms with Crippen LogP contribution in [0.3, 0.4) is 0 Å². The van der Waals surface area contributed by atoms with E-state index >= 15 is 0 Å². The molecule has 0 amide bonds. The zero-order chi connectivity index (χ0) is 0. The average molecular weight is 420 g/mol. The Kier molecular flexibility index (Phi) is 614. The van der Waals surface area contributed by atoms with E-state index in [-0.39, 0.29) is 128 Å². The Morgan fingerprint density at radius 3 is 0.429 bits per heavy atom. The molecule has 2 radical (unpaired) electrons. The van der Waals surface area contributed by atoms with E-state index in [4.69, 9.17) is 0 Å². The van der Waals surface area contributed by atoms with Gasteiger partial charge in [-0.3, -0.25) is 0 Å². The van der Waals surface area contributed by atoms with Gasteiger partial charge in [-0.25, -0.2) is 0 Å². The van der Waals surface area contributed by atoms with E-state index in [9.17, 15) is 0 Å². The predicted octanol–water partition coefficient (Wildman–Crippen LogP) is -1.12. The third-order valence-electron chi connectivity index (χ3n) is 0. The smallest absolute Gasteiger partial charge is 2.00 e. The molecule has 0 atom stereocenters. The Hall–Kier alpha value is 3.52. The van der Waals surface area contributed by atoms with E-state index in [1.807, 2.05) is 0 Å². The van der Waals surface area contributed by atoms with Crippen molar-refractivity contribution in [3.63, 3.8) is 0 Å². The molecule has 0 unspecified atom stereocenters. The first-order chi connectivity index (χ1) is 0. The van der Waals surface area contributed by atoms with Gasteiger partial charge >= 0.3 is 34.7 Å². The number of rotatable bonds is 0. The van der Waals surface area contributed by atoms with Crippen molar-refractivity contribution in [2.45, 2.75) is 0 Å². The van der Waals surface area contributed by atoms with Crippen LogP contribution >= 0.6 is 0 Å². The Morgan fingerprint density at radius 1 is 0.429 bits per heavy atom. The third-order valence-corrected chi connectivity index (χ3v) is 0. The monoisotopic (exact) mass is 420 g/mol. The number of hydrogen-bond donors (Lipinski definition) is 0. The minimum Gasteiger partial charge on any atom is -2.00 e. The zero-order valence-electron chi connectivity index (χ0n) is 3.05. The molecular weight excluding hydrogens is 420 g/mol. The third kappa shape index (κ3) is 43.5. The summed E-state index contributed by atoms with van der Waals surface area (Å²) in [5.41, 5.74) is 0. The van der Waals surface area contributed by atoms with Crippen LogP contribution in [0.4, 0.5) is 0 Å². The van der Waals surface area contributed by atoms with E-state index in [0.29, 0.717) is 0 Å². The fourth-order valence-corrected chi connectivity index (χ4v) is 0. The summed E-state index contributed by atoms with van der Waals surface area (Å²) in [6, 6.07) is 0. The molecule has 0 aromatic heterocycles. The van der Waals surface area contributed by atoms with Gasteiger partial charge in [-0.15, -0.1) is 0 Å². The molecule has 0 aromatic carbocycles. The van der Waals surface area contributed by atoms with Gasteiger partial charge in [0, 0.05) is 77.2 Å². The van der Waals surface area contributed by atoms with Gasteiger partial charge in [0.1, 0.15) is 0 Å². The van der Waals surface area contributed by atoms with E-state index in [2.05, 4.69) is 0 Å². The summed E-state index contributed by atoms with van der Waals surface area (Å²) in [5.74, 6) is 0. The molecular formula is Al2O3Tb2. The summed E-state index contributed by atoms with van der Waals surface area (Å²) in [6.45, 7) is 0. The second-order valence-electron chi connectivity index (χ2n) is 0. The molecule has 0 fully saturated rings. The summed E-state index contributed by atoms with van der Waals surface area (Å²) in [4.78, 5) is 0. The Labute approximate surface area is 125 Å². The van der Waals surface area contributed by atoms with E-state index in [0.717, 1.165) is 0 Å². The van der Waals surface area contributed by atoms with E-state index in [1.165, 1.54) is 0 Å². The van der Waals surface area contributed by atoms with Gasteiger partial charge in [-0.2, -0.15) is 0 Å². The van der Waals surface area contributed by atoms with Gasteiger partial charge in [0.25, 0.3) is 0 Å². The largest absolute Gasteiger partial charge is 3.00 e. The topological polar surface area (TPSA) is 85.5 Å². The molecule has 0 heterocycles. The summed E-state index contributed by atoms with van der Waals surface area (Å²) < 4.78 is 0. The summed E-state index contributed by atoms with van der Waals surface area (Å²) >= 11 is 0. The standard InChI is InChI=1S/2Al.3O.2Tb/q2*+3;3*-2;;. The maximum Gasteiger partial charge on any atom is 3.00 e. The maximum atomic E-state index is 0. The minimum absolute atomic E-state index is 0. The fourth-order valence-electron chi connectivity index (χ4n) is 0. The molecule has 0 spiro atoms. The molecule has 0 saturated carbocycles. The van der Waals surface area contributed by atoms with Gasteiger partial charge in [0.05, 0.1) is 0 Å². The Morgan fingerprint density at radius 2 is 0.429 bits per heavy atom. The fraction of sp³-hybridized carbons (Fsp3) is 0. The average Bonchev–Trinajstić information content (AvgIpc) is 0. The van der Waals surface area contributed by atoms with Crippen molar-refractivity contribution < 1.29 is 93.7 Å². The van der Waals surface area contributed by atoms with Gasteiger partial charge < -0.3 is 16.4 Å². The SMILES string of the molecule is [Al+3].[Al+3].[O-2].[O-2].[O-2].[Tb].[Tb]. The van der Waals surface area contributed by atoms with Gasteiger partial charge in [0.2, 0.25) is 0 Å². The first-order valence-electron chi connectivity index (χ1n) is 0. The Bertz CT molecular complexity index is 10.9. The molecule has 0 aliphatic heterocycles. The molecule has 0 rings (SSSR count). The molecule has 0 saturated heterocycles. The van der Waals surface area contributed by atoms with Crippen molar-refractivity contribution in [2.24, 2.45) is 0 Å². The van der Waals surface area contributed by atoms with Gasteiger partial charge in [-0.1, -0.05) is 0 Å². The van der Waals surface area contributed by atoms with Gasteiger partial charge in [-0.05, 0) is 0 Å². The second-order valence-corrected chi connectivity index (χ2v) is 0. The first kappa shape index (κ1) is 77.0. The van der Waals surface area contributed by atoms with Crippen LogP contribution in [0.2, 0.25) is 0 Å². The molecule has 0 aromatic rings. The van der Waals surface area contributed by atoms with Crippen LogP contribution < -0.4 is 0 Å². The van der Waals surface area contributed by atoms with Gasteiger partial charge in [0.15, 0.2) is 0 Å². The van der Waals surface area contributed by atoms with Crippen molar-refractivity contribution in [3.8, 4) is 0 Å². The molecule has 42 valence electrons. The molecule has 7 heteroatoms. The zero-order valence-corrected chi connectivity index (χ0v) is 9.63. The van der Waals surface area contributed by atoms with Crippen LogP contribution in [-0.2, 0) is 16.4 Å². The van der Waals surface area contributed by atoms with Crippen LogP contribution in [0.1, 0.15) is 0 Å². The van der Waals surface area contributed by atoms with Crippen molar-refractivity contribution in [3.05, 3.63) is 0 Å². The van der Waals surface area contributed by atoms with E-state index in [1.54, 1.807) is 0 Å². The van der Waals surface area contributed by atoms with Crippen LogP contribution in [0, 0.1) is 77.2 Å². The second kappa shape index (κ2) is 55.8. The molecule has 3 nitrogen and oxygen atoms in total. The van der Waals surface area contributed by atoms with Crippen LogP contribution in [0.5, 0.6) is 0 Å². The summed E-state index contributed by atoms with van der Waals surface area (Å²) in [7, 11) is 0. The van der Waals surface area contributed by atoms with Crippen molar-refractivity contribution in [2.75, 3.05) is 0 Å². The maximum absolute atomic E-state index is 0. The van der Waals surface area contributed by atoms with Crippen LogP contribution in [-0.4, -0.2) is 34.7 Å². The quantitative estimate of drug-likeness (QED) is 0.446. The first-order valence-corrected chi connectivity index (χ1v) is 0. The minimum atomic E-state index is 0. The number of hydrogen-bond acceptors (Lipinski definition) is 0. The van der Waals surface area contributed by atoms with Crippen LogP contribution in [0.15, 0.2) is 0 Å². The van der Waals surface area contributed by atoms with Crippen molar-refractivity contribution in [1.29, 1.82) is 0 Å². The van der Waals surface area contributed by atoms with Crippen LogP contribution in [0.25, 0.3) is 0 Å². The molecule has 0 bridgehead atoms. The van der Waals surface area contributed by atoms with Crippen molar-refractivity contribution in [1.82, 2.24) is 0 Å². The molecule has 0 aliphatic carbocycles. The molecule has 7 heavy (non-hydrogen) atoms. The normalized spacial score (nSPS) is 0. The Balaban J connectivity index is 0.